The molecule has 0 aromatic heterocycles. The van der Waals surface area contributed by atoms with Crippen LogP contribution in [0.1, 0.15) is 5.56 Å². The Labute approximate surface area is 117 Å². The first-order valence-corrected chi connectivity index (χ1v) is 5.56. The molecule has 0 heterocycles. The third-order valence-electron chi connectivity index (χ3n) is 2.07. The summed E-state index contributed by atoms with van der Waals surface area (Å²) in [5.41, 5.74) is -0.278. The second kappa shape index (κ2) is 6.31. The maximum Gasteiger partial charge on any atom is 0.378 e. The number of hydrogen-bond acceptors (Lipinski definition) is 5. The first-order valence-electron chi connectivity index (χ1n) is 4.80. The molecule has 100 valence electrons. The number of carbonyl (C=O) groups is 2. The van der Waals surface area contributed by atoms with E-state index in [-0.39, 0.29) is 21.3 Å². The number of hydrogen-bond donors (Lipinski definition) is 0. The van der Waals surface area contributed by atoms with Crippen LogP contribution in [0.2, 0.25) is 10.0 Å². The molecular formula is C11H7Cl2NO5. The van der Waals surface area contributed by atoms with Crippen LogP contribution in [-0.2, 0) is 14.3 Å². The minimum atomic E-state index is -1.07. The lowest BCUT2D eigenvalue weighted by Crippen LogP contribution is -2.12. The molecule has 0 N–H and O–H groups in total. The summed E-state index contributed by atoms with van der Waals surface area (Å²) in [7, 11) is 1.05. The molecule has 0 aliphatic heterocycles. The number of methoxy groups -OCH3 is 1. The van der Waals surface area contributed by atoms with E-state index in [4.69, 9.17) is 23.2 Å². The zero-order valence-electron chi connectivity index (χ0n) is 9.55. The Kier molecular flexibility index (Phi) is 5.02. The maximum atomic E-state index is 11.2. The summed E-state index contributed by atoms with van der Waals surface area (Å²) in [5.74, 6) is -2.01. The summed E-state index contributed by atoms with van der Waals surface area (Å²) >= 11 is 11.4. The van der Waals surface area contributed by atoms with Crippen LogP contribution in [0.5, 0.6) is 0 Å². The third kappa shape index (κ3) is 3.77. The number of halogens is 2. The predicted molar refractivity (Wildman–Crippen MR) is 69.2 cm³/mol. The number of carbonyl (C=O) groups excluding carboxylic acids is 2. The van der Waals surface area contributed by atoms with Gasteiger partial charge in [-0.3, -0.25) is 14.9 Å². The van der Waals surface area contributed by atoms with E-state index < -0.39 is 16.7 Å². The van der Waals surface area contributed by atoms with Crippen LogP contribution in [0.15, 0.2) is 18.2 Å². The Bertz CT molecular complexity index is 583. The summed E-state index contributed by atoms with van der Waals surface area (Å²) in [6, 6.07) is 2.29. The van der Waals surface area contributed by atoms with Crippen molar-refractivity contribution in [3.63, 3.8) is 0 Å². The van der Waals surface area contributed by atoms with Gasteiger partial charge >= 0.3 is 5.97 Å². The van der Waals surface area contributed by atoms with E-state index in [0.717, 1.165) is 25.3 Å². The molecule has 0 unspecified atom stereocenters. The molecule has 1 aromatic rings. The summed E-state index contributed by atoms with van der Waals surface area (Å²) in [4.78, 5) is 32.2. The van der Waals surface area contributed by atoms with Crippen LogP contribution in [0.4, 0.5) is 5.69 Å². The molecule has 0 radical (unpaired) electrons. The SMILES string of the molecule is COC(=O)C(=O)/C=C/c1cc(Cl)c(Cl)cc1[N+](=O)[O-]. The van der Waals surface area contributed by atoms with Gasteiger partial charge in [-0.25, -0.2) is 4.79 Å². The lowest BCUT2D eigenvalue weighted by Gasteiger charge is -2.00. The minimum Gasteiger partial charge on any atom is -0.463 e. The van der Waals surface area contributed by atoms with E-state index in [1.807, 2.05) is 0 Å². The summed E-state index contributed by atoms with van der Waals surface area (Å²) in [6.07, 6.45) is 1.96. The molecule has 0 saturated carbocycles. The topological polar surface area (TPSA) is 86.5 Å². The standard InChI is InChI=1S/C11H7Cl2NO5/c1-19-11(16)10(15)3-2-6-4-7(12)8(13)5-9(6)14(17)18/h2-5H,1H3/b3-2+. The Balaban J connectivity index is 3.17. The van der Waals surface area contributed by atoms with Crippen molar-refractivity contribution >= 4 is 46.7 Å². The Morgan fingerprint density at radius 2 is 1.89 bits per heavy atom. The fourth-order valence-electron chi connectivity index (χ4n) is 1.18. The largest absolute Gasteiger partial charge is 0.463 e. The molecule has 1 aromatic carbocycles. The van der Waals surface area contributed by atoms with E-state index >= 15 is 0 Å². The lowest BCUT2D eigenvalue weighted by molar-refractivity contribution is -0.385. The zero-order valence-corrected chi connectivity index (χ0v) is 11.1. The second-order valence-electron chi connectivity index (χ2n) is 3.27. The number of ether oxygens (including phenoxy) is 1. The van der Waals surface area contributed by atoms with E-state index in [0.29, 0.717) is 0 Å². The number of ketones is 1. The van der Waals surface area contributed by atoms with Crippen LogP contribution in [0.25, 0.3) is 6.08 Å². The lowest BCUT2D eigenvalue weighted by atomic mass is 10.1. The molecule has 0 amide bonds. The second-order valence-corrected chi connectivity index (χ2v) is 4.09. The quantitative estimate of drug-likeness (QED) is 0.280. The fraction of sp³-hybridized carbons (Fsp3) is 0.0909. The van der Waals surface area contributed by atoms with Gasteiger partial charge in [0.1, 0.15) is 0 Å². The molecule has 0 spiro atoms. The molecule has 0 fully saturated rings. The van der Waals surface area contributed by atoms with Crippen LogP contribution in [0, 0.1) is 10.1 Å². The molecule has 0 aliphatic rings. The normalized spacial score (nSPS) is 10.5. The van der Waals surface area contributed by atoms with E-state index in [9.17, 15) is 19.7 Å². The number of nitrogens with zero attached hydrogens (tertiary/aromatic N) is 1. The average Bonchev–Trinajstić information content (AvgIpc) is 2.37. The molecule has 8 heteroatoms. The Morgan fingerprint density at radius 3 is 2.42 bits per heavy atom. The van der Waals surface area contributed by atoms with Crippen molar-refractivity contribution in [1.82, 2.24) is 0 Å². The Morgan fingerprint density at radius 1 is 1.32 bits per heavy atom. The highest BCUT2D eigenvalue weighted by Gasteiger charge is 2.16. The molecule has 1 rings (SSSR count). The van der Waals surface area contributed by atoms with Crippen molar-refractivity contribution in [3.05, 3.63) is 43.9 Å². The smallest absolute Gasteiger partial charge is 0.378 e. The molecular weight excluding hydrogens is 297 g/mol. The van der Waals surface area contributed by atoms with Crippen molar-refractivity contribution in [3.8, 4) is 0 Å². The molecule has 6 nitrogen and oxygen atoms in total. The summed E-state index contributed by atoms with van der Waals surface area (Å²) in [5, 5.41) is 10.9. The van der Waals surface area contributed by atoms with Gasteiger partial charge in [-0.1, -0.05) is 23.2 Å². The first kappa shape index (κ1) is 15.1. The van der Waals surface area contributed by atoms with Crippen molar-refractivity contribution < 1.29 is 19.2 Å². The first-order chi connectivity index (χ1) is 8.86. The Hall–Kier alpha value is -1.92. The van der Waals surface area contributed by atoms with E-state index in [2.05, 4.69) is 4.74 Å². The average molecular weight is 304 g/mol. The van der Waals surface area contributed by atoms with E-state index in [1.54, 1.807) is 0 Å². The summed E-state index contributed by atoms with van der Waals surface area (Å²) in [6.45, 7) is 0. The van der Waals surface area contributed by atoms with Gasteiger partial charge in [0.15, 0.2) is 0 Å². The van der Waals surface area contributed by atoms with Gasteiger partial charge in [-0.2, -0.15) is 0 Å². The van der Waals surface area contributed by atoms with Crippen molar-refractivity contribution in [1.29, 1.82) is 0 Å². The fourth-order valence-corrected chi connectivity index (χ4v) is 1.51. The highest BCUT2D eigenvalue weighted by Crippen LogP contribution is 2.31. The van der Waals surface area contributed by atoms with Crippen LogP contribution >= 0.6 is 23.2 Å². The predicted octanol–water partition coefficient (Wildman–Crippen LogP) is 2.66. The molecule has 0 bridgehead atoms. The van der Waals surface area contributed by atoms with Crippen LogP contribution < -0.4 is 0 Å². The van der Waals surface area contributed by atoms with Crippen LogP contribution in [-0.4, -0.2) is 23.8 Å². The zero-order chi connectivity index (χ0) is 14.6. The van der Waals surface area contributed by atoms with Crippen LogP contribution in [0.3, 0.4) is 0 Å². The third-order valence-corrected chi connectivity index (χ3v) is 2.79. The van der Waals surface area contributed by atoms with Crippen molar-refractivity contribution in [2.45, 2.75) is 0 Å². The highest BCUT2D eigenvalue weighted by molar-refractivity contribution is 6.42. The van der Waals surface area contributed by atoms with Gasteiger partial charge in [0.2, 0.25) is 0 Å². The maximum absolute atomic E-state index is 11.2. The molecule has 0 aliphatic carbocycles. The van der Waals surface area contributed by atoms with Crippen molar-refractivity contribution in [2.24, 2.45) is 0 Å². The number of rotatable bonds is 4. The minimum absolute atomic E-state index is 0.0183. The van der Waals surface area contributed by atoms with Crippen molar-refractivity contribution in [2.75, 3.05) is 7.11 Å². The van der Waals surface area contributed by atoms with Gasteiger partial charge in [0, 0.05) is 6.07 Å². The molecule has 19 heavy (non-hydrogen) atoms. The van der Waals surface area contributed by atoms with Gasteiger partial charge in [0.25, 0.3) is 11.5 Å². The monoisotopic (exact) mass is 303 g/mol. The van der Waals surface area contributed by atoms with Gasteiger partial charge in [-0.05, 0) is 18.2 Å². The van der Waals surface area contributed by atoms with Gasteiger partial charge < -0.3 is 4.74 Å². The van der Waals surface area contributed by atoms with E-state index in [1.165, 1.54) is 6.07 Å². The van der Waals surface area contributed by atoms with Gasteiger partial charge in [0.05, 0.1) is 27.6 Å². The number of benzene rings is 1. The highest BCUT2D eigenvalue weighted by atomic mass is 35.5. The molecule has 0 saturated heterocycles. The van der Waals surface area contributed by atoms with Gasteiger partial charge in [-0.15, -0.1) is 0 Å². The number of nitro groups is 1. The molecule has 0 atom stereocenters. The number of nitro benzene ring substituents is 1. The summed E-state index contributed by atoms with van der Waals surface area (Å²) < 4.78 is 4.20. The number of esters is 1.